The first-order valence-corrected chi connectivity index (χ1v) is 10.6. The number of aromatic nitrogens is 2. The molecule has 0 bridgehead atoms. The first-order valence-electron chi connectivity index (χ1n) is 6.95. The van der Waals surface area contributed by atoms with Gasteiger partial charge in [-0.05, 0) is 46.5 Å². The van der Waals surface area contributed by atoms with Crippen LogP contribution in [-0.4, -0.2) is 22.1 Å². The minimum Gasteiger partial charge on any atom is -0.298 e. The number of benzene rings is 2. The van der Waals surface area contributed by atoms with Gasteiger partial charge in [0, 0.05) is 4.47 Å². The molecule has 0 atom stereocenters. The van der Waals surface area contributed by atoms with Crippen LogP contribution < -0.4 is 5.32 Å². The molecule has 1 N–H and O–H groups in total. The van der Waals surface area contributed by atoms with Crippen molar-refractivity contribution in [1.82, 2.24) is 9.97 Å². The monoisotopic (exact) mass is 435 g/mol. The molecule has 2 aromatic heterocycles. The smallest absolute Gasteiger partial charge is 0.258 e. The van der Waals surface area contributed by atoms with Crippen LogP contribution in [0.5, 0.6) is 0 Å². The number of hydrogen-bond acceptors (Lipinski definition) is 6. The number of nitrogens with zero attached hydrogens (tertiary/aromatic N) is 2. The van der Waals surface area contributed by atoms with Gasteiger partial charge in [0.1, 0.15) is 0 Å². The van der Waals surface area contributed by atoms with Crippen molar-refractivity contribution in [3.63, 3.8) is 0 Å². The van der Waals surface area contributed by atoms with Crippen LogP contribution in [0.4, 0.5) is 5.13 Å². The summed E-state index contributed by atoms with van der Waals surface area (Å²) in [4.78, 5) is 21.6. The van der Waals surface area contributed by atoms with E-state index in [1.807, 2.05) is 36.6 Å². The molecule has 120 valence electrons. The third kappa shape index (κ3) is 2.83. The Bertz CT molecular complexity index is 1070. The standard InChI is InChI=1S/C16H10BrN3OS3/c1-22-16-19-11-7-6-10-12(13(11)24-16)23-15(18-10)20-14(21)8-4-2-3-5-9(8)17/h2-7H,1H3,(H,18,20,21). The molecule has 8 heteroatoms. The number of carbonyl (C=O) groups is 1. The van der Waals surface area contributed by atoms with Crippen LogP contribution in [-0.2, 0) is 0 Å². The molecule has 0 aliphatic rings. The Kier molecular flexibility index (Phi) is 4.29. The average Bonchev–Trinajstić information content (AvgIpc) is 3.17. The number of thiazole rings is 2. The molecular formula is C16H10BrN3OS3. The fourth-order valence-electron chi connectivity index (χ4n) is 2.30. The lowest BCUT2D eigenvalue weighted by atomic mass is 10.2. The van der Waals surface area contributed by atoms with Gasteiger partial charge in [-0.3, -0.25) is 10.1 Å². The highest BCUT2D eigenvalue weighted by molar-refractivity contribution is 9.10. The van der Waals surface area contributed by atoms with Crippen LogP contribution in [0.25, 0.3) is 20.4 Å². The van der Waals surface area contributed by atoms with Gasteiger partial charge in [-0.2, -0.15) is 0 Å². The van der Waals surface area contributed by atoms with Crippen molar-refractivity contribution in [3.05, 3.63) is 46.4 Å². The van der Waals surface area contributed by atoms with Crippen molar-refractivity contribution in [1.29, 1.82) is 0 Å². The summed E-state index contributed by atoms with van der Waals surface area (Å²) in [5.41, 5.74) is 2.44. The van der Waals surface area contributed by atoms with Gasteiger partial charge in [-0.15, -0.1) is 11.3 Å². The predicted molar refractivity (Wildman–Crippen MR) is 107 cm³/mol. The minimum absolute atomic E-state index is 0.174. The van der Waals surface area contributed by atoms with E-state index in [2.05, 4.69) is 31.2 Å². The minimum atomic E-state index is -0.174. The lowest BCUT2D eigenvalue weighted by Crippen LogP contribution is -2.12. The van der Waals surface area contributed by atoms with Crippen LogP contribution in [0.2, 0.25) is 0 Å². The Hall–Kier alpha value is -1.48. The summed E-state index contributed by atoms with van der Waals surface area (Å²) < 4.78 is 3.98. The maximum Gasteiger partial charge on any atom is 0.258 e. The molecule has 4 rings (SSSR count). The molecule has 0 saturated carbocycles. The summed E-state index contributed by atoms with van der Waals surface area (Å²) in [5.74, 6) is -0.174. The van der Waals surface area contributed by atoms with Crippen molar-refractivity contribution in [3.8, 4) is 0 Å². The van der Waals surface area contributed by atoms with E-state index in [0.29, 0.717) is 10.7 Å². The molecule has 2 aromatic carbocycles. The van der Waals surface area contributed by atoms with Crippen molar-refractivity contribution in [2.24, 2.45) is 0 Å². The largest absolute Gasteiger partial charge is 0.298 e. The van der Waals surface area contributed by atoms with Crippen LogP contribution in [0.15, 0.2) is 45.2 Å². The Labute approximate surface area is 158 Å². The summed E-state index contributed by atoms with van der Waals surface area (Å²) in [5, 5.41) is 3.49. The summed E-state index contributed by atoms with van der Waals surface area (Å²) in [6.45, 7) is 0. The maximum absolute atomic E-state index is 12.4. The van der Waals surface area contributed by atoms with Gasteiger partial charge >= 0.3 is 0 Å². The number of thioether (sulfide) groups is 1. The topological polar surface area (TPSA) is 54.9 Å². The highest BCUT2D eigenvalue weighted by Gasteiger charge is 2.15. The van der Waals surface area contributed by atoms with Gasteiger partial charge in [0.2, 0.25) is 0 Å². The van der Waals surface area contributed by atoms with E-state index in [-0.39, 0.29) is 5.91 Å². The Morgan fingerprint density at radius 3 is 2.54 bits per heavy atom. The van der Waals surface area contributed by atoms with Gasteiger partial charge in [0.05, 0.1) is 26.0 Å². The van der Waals surface area contributed by atoms with Gasteiger partial charge < -0.3 is 0 Å². The molecule has 0 spiro atoms. The number of amides is 1. The first kappa shape index (κ1) is 16.0. The van der Waals surface area contributed by atoms with E-state index in [0.717, 1.165) is 29.2 Å². The third-order valence-electron chi connectivity index (χ3n) is 3.41. The van der Waals surface area contributed by atoms with Crippen molar-refractivity contribution in [2.45, 2.75) is 4.34 Å². The van der Waals surface area contributed by atoms with E-state index in [9.17, 15) is 4.79 Å². The zero-order valence-corrected chi connectivity index (χ0v) is 16.4. The van der Waals surface area contributed by atoms with E-state index < -0.39 is 0 Å². The number of nitrogens with one attached hydrogen (secondary N) is 1. The molecule has 0 aliphatic heterocycles. The second kappa shape index (κ2) is 6.44. The molecule has 0 aliphatic carbocycles. The van der Waals surface area contributed by atoms with Gasteiger partial charge in [-0.1, -0.05) is 35.2 Å². The van der Waals surface area contributed by atoms with Crippen LogP contribution in [0.1, 0.15) is 10.4 Å². The highest BCUT2D eigenvalue weighted by Crippen LogP contribution is 2.38. The number of halogens is 1. The first-order chi connectivity index (χ1) is 11.7. The lowest BCUT2D eigenvalue weighted by Gasteiger charge is -2.03. The molecule has 0 fully saturated rings. The van der Waals surface area contributed by atoms with E-state index in [1.165, 1.54) is 11.3 Å². The second-order valence-corrected chi connectivity index (χ2v) is 8.80. The maximum atomic E-state index is 12.4. The third-order valence-corrected chi connectivity index (χ3v) is 7.30. The molecule has 0 unspecified atom stereocenters. The highest BCUT2D eigenvalue weighted by atomic mass is 79.9. The molecule has 0 radical (unpaired) electrons. The predicted octanol–water partition coefficient (Wildman–Crippen LogP) is 5.64. The van der Waals surface area contributed by atoms with Crippen LogP contribution >= 0.6 is 50.4 Å². The SMILES string of the molecule is CSc1nc2ccc3nc(NC(=O)c4ccccc4Br)sc3c2s1. The number of fused-ring (bicyclic) bond motifs is 3. The summed E-state index contributed by atoms with van der Waals surface area (Å²) in [6.07, 6.45) is 2.02. The van der Waals surface area contributed by atoms with Crippen molar-refractivity contribution < 1.29 is 4.79 Å². The molecular weight excluding hydrogens is 426 g/mol. The summed E-state index contributed by atoms with van der Waals surface area (Å²) >= 11 is 8.18. The van der Waals surface area contributed by atoms with Crippen molar-refractivity contribution in [2.75, 3.05) is 11.6 Å². The Morgan fingerprint density at radius 2 is 1.79 bits per heavy atom. The van der Waals surface area contributed by atoms with Crippen LogP contribution in [0.3, 0.4) is 0 Å². The molecule has 4 aromatic rings. The van der Waals surface area contributed by atoms with Gasteiger partial charge in [0.25, 0.3) is 5.91 Å². The second-order valence-electron chi connectivity index (χ2n) is 4.90. The van der Waals surface area contributed by atoms with Crippen molar-refractivity contribution >= 4 is 81.8 Å². The molecule has 24 heavy (non-hydrogen) atoms. The van der Waals surface area contributed by atoms with E-state index in [1.54, 1.807) is 29.2 Å². The fraction of sp³-hybridized carbons (Fsp3) is 0.0625. The van der Waals surface area contributed by atoms with Crippen LogP contribution in [0, 0.1) is 0 Å². The summed E-state index contributed by atoms with van der Waals surface area (Å²) in [6, 6.07) is 11.3. The molecule has 0 saturated heterocycles. The molecule has 1 amide bonds. The average molecular weight is 436 g/mol. The van der Waals surface area contributed by atoms with Gasteiger partial charge in [-0.25, -0.2) is 9.97 Å². The normalized spacial score (nSPS) is 11.2. The lowest BCUT2D eigenvalue weighted by molar-refractivity contribution is 0.102. The number of rotatable bonds is 3. The molecule has 2 heterocycles. The summed E-state index contributed by atoms with van der Waals surface area (Å²) in [7, 11) is 0. The quantitative estimate of drug-likeness (QED) is 0.422. The zero-order valence-electron chi connectivity index (χ0n) is 12.4. The Morgan fingerprint density at radius 1 is 1.08 bits per heavy atom. The number of hydrogen-bond donors (Lipinski definition) is 1. The van der Waals surface area contributed by atoms with Gasteiger partial charge in [0.15, 0.2) is 9.47 Å². The Balaban J connectivity index is 1.72. The molecule has 4 nitrogen and oxygen atoms in total. The van der Waals surface area contributed by atoms with E-state index in [4.69, 9.17) is 0 Å². The number of anilines is 1. The van der Waals surface area contributed by atoms with E-state index >= 15 is 0 Å². The number of carbonyl (C=O) groups excluding carboxylic acids is 1. The fourth-order valence-corrected chi connectivity index (χ4v) is 5.42. The zero-order chi connectivity index (χ0) is 16.7.